The highest BCUT2D eigenvalue weighted by atomic mass is 32.1. The van der Waals surface area contributed by atoms with E-state index in [2.05, 4.69) is 33.1 Å². The minimum atomic E-state index is -0.805. The molecular weight excluding hydrogens is 494 g/mol. The number of nitrogens with one attached hydrogen (secondary N) is 1. The minimum Gasteiger partial charge on any atom is -0.389 e. The first-order valence-corrected chi connectivity index (χ1v) is 13.4. The highest BCUT2D eigenvalue weighted by Crippen LogP contribution is 2.41. The van der Waals surface area contributed by atoms with Crippen LogP contribution >= 0.6 is 11.3 Å². The third-order valence-corrected chi connectivity index (χ3v) is 7.01. The molecule has 1 aliphatic heterocycles. The third kappa shape index (κ3) is 6.46. The van der Waals surface area contributed by atoms with Gasteiger partial charge >= 0.3 is 0 Å². The number of rotatable bonds is 5. The van der Waals surface area contributed by atoms with Crippen LogP contribution in [0.1, 0.15) is 68.0 Å². The molecule has 1 amide bonds. The van der Waals surface area contributed by atoms with Crippen molar-refractivity contribution in [2.45, 2.75) is 65.1 Å². The Morgan fingerprint density at radius 3 is 2.62 bits per heavy atom. The van der Waals surface area contributed by atoms with E-state index in [-0.39, 0.29) is 10.7 Å². The number of aromatic nitrogens is 3. The van der Waals surface area contributed by atoms with Crippen molar-refractivity contribution in [1.29, 1.82) is 0 Å². The van der Waals surface area contributed by atoms with Crippen LogP contribution in [0, 0.1) is 25.6 Å². The molecule has 198 valence electrons. The summed E-state index contributed by atoms with van der Waals surface area (Å²) in [5.74, 6) is -0.0850. The van der Waals surface area contributed by atoms with Crippen molar-refractivity contribution in [2.75, 3.05) is 29.0 Å². The molecule has 0 spiro atoms. The largest absolute Gasteiger partial charge is 0.389 e. The summed E-state index contributed by atoms with van der Waals surface area (Å²) in [6.45, 7) is 7.13. The van der Waals surface area contributed by atoms with Gasteiger partial charge in [0.25, 0.3) is 5.91 Å². The fraction of sp³-hybridized carbons (Fsp3) is 0.444. The number of terminal acetylenes is 1. The SMILES string of the molecule is C#C.CC.Cc1ccc(F)c(-c2nc(C(=O)Nc3cnn(C4CC4)c3N3CCC[C@@H](F)CC3)c(N)s2)c1. The molecule has 1 atom stereocenters. The van der Waals surface area contributed by atoms with Crippen LogP contribution in [0.25, 0.3) is 10.6 Å². The predicted octanol–water partition coefficient (Wildman–Crippen LogP) is 6.23. The number of nitrogens with two attached hydrogens (primary N) is 1. The molecule has 7 nitrogen and oxygen atoms in total. The van der Waals surface area contributed by atoms with Crippen molar-refractivity contribution in [1.82, 2.24) is 14.8 Å². The molecule has 0 bridgehead atoms. The van der Waals surface area contributed by atoms with E-state index in [4.69, 9.17) is 5.73 Å². The van der Waals surface area contributed by atoms with Gasteiger partial charge in [-0.05, 0) is 51.2 Å². The maximum Gasteiger partial charge on any atom is 0.277 e. The number of carbonyl (C=O) groups excluding carboxylic acids is 1. The van der Waals surface area contributed by atoms with E-state index in [1.807, 2.05) is 25.5 Å². The van der Waals surface area contributed by atoms with Gasteiger partial charge in [-0.15, -0.1) is 12.8 Å². The van der Waals surface area contributed by atoms with Crippen LogP contribution in [-0.2, 0) is 0 Å². The molecule has 3 heterocycles. The van der Waals surface area contributed by atoms with Crippen LogP contribution in [0.5, 0.6) is 0 Å². The van der Waals surface area contributed by atoms with Crippen molar-refractivity contribution in [2.24, 2.45) is 0 Å². The van der Waals surface area contributed by atoms with E-state index < -0.39 is 17.9 Å². The Bertz CT molecular complexity index is 1230. The Kier molecular flexibility index (Phi) is 9.64. The van der Waals surface area contributed by atoms with Crippen LogP contribution in [-0.4, -0.2) is 39.9 Å². The van der Waals surface area contributed by atoms with Crippen molar-refractivity contribution in [3.8, 4) is 23.4 Å². The Balaban J connectivity index is 0.000000907. The number of aryl methyl sites for hydroxylation is 1. The highest BCUT2D eigenvalue weighted by molar-refractivity contribution is 7.19. The summed E-state index contributed by atoms with van der Waals surface area (Å²) in [6, 6.07) is 5.04. The second kappa shape index (κ2) is 12.7. The molecule has 1 saturated carbocycles. The molecule has 2 aliphatic rings. The molecule has 37 heavy (non-hydrogen) atoms. The Labute approximate surface area is 221 Å². The molecule has 0 unspecified atom stereocenters. The Hall–Kier alpha value is -3.45. The first kappa shape index (κ1) is 28.1. The third-order valence-electron chi connectivity index (χ3n) is 6.09. The molecule has 1 aromatic carbocycles. The number of hydrogen-bond donors (Lipinski definition) is 2. The number of alkyl halides is 1. The summed E-state index contributed by atoms with van der Waals surface area (Å²) >= 11 is 1.08. The lowest BCUT2D eigenvalue weighted by Gasteiger charge is -2.25. The van der Waals surface area contributed by atoms with Crippen LogP contribution in [0.3, 0.4) is 0 Å². The van der Waals surface area contributed by atoms with E-state index in [0.29, 0.717) is 48.2 Å². The number of thiazole rings is 1. The molecule has 3 N–H and O–H groups in total. The van der Waals surface area contributed by atoms with Crippen LogP contribution in [0.15, 0.2) is 24.4 Å². The number of amides is 1. The molecule has 1 aliphatic carbocycles. The van der Waals surface area contributed by atoms with Gasteiger partial charge in [0.15, 0.2) is 11.5 Å². The minimum absolute atomic E-state index is 0.0562. The molecule has 10 heteroatoms. The zero-order valence-corrected chi connectivity index (χ0v) is 22.3. The van der Waals surface area contributed by atoms with Gasteiger partial charge in [-0.3, -0.25) is 4.79 Å². The highest BCUT2D eigenvalue weighted by Gasteiger charge is 2.32. The van der Waals surface area contributed by atoms with Gasteiger partial charge in [-0.1, -0.05) is 36.8 Å². The normalized spacial score (nSPS) is 17.1. The average molecular weight is 529 g/mol. The van der Waals surface area contributed by atoms with Crippen molar-refractivity contribution < 1.29 is 13.6 Å². The molecule has 3 aromatic rings. The molecule has 2 fully saturated rings. The summed E-state index contributed by atoms with van der Waals surface area (Å²) in [5.41, 5.74) is 7.92. The Morgan fingerprint density at radius 2 is 1.92 bits per heavy atom. The molecule has 0 radical (unpaired) electrons. The van der Waals surface area contributed by atoms with Gasteiger partial charge in [0, 0.05) is 18.7 Å². The number of benzene rings is 1. The number of nitrogen functional groups attached to an aromatic ring is 1. The van der Waals surface area contributed by atoms with E-state index in [0.717, 1.165) is 42.0 Å². The second-order valence-corrected chi connectivity index (χ2v) is 9.77. The summed E-state index contributed by atoms with van der Waals surface area (Å²) < 4.78 is 30.2. The van der Waals surface area contributed by atoms with Crippen LogP contribution in [0.2, 0.25) is 0 Å². The molecule has 1 saturated heterocycles. The van der Waals surface area contributed by atoms with Crippen molar-refractivity contribution in [3.63, 3.8) is 0 Å². The summed E-state index contributed by atoms with van der Waals surface area (Å²) in [5, 5.41) is 7.99. The van der Waals surface area contributed by atoms with Gasteiger partial charge in [0.05, 0.1) is 12.2 Å². The van der Waals surface area contributed by atoms with Gasteiger partial charge in [0.1, 0.15) is 27.7 Å². The maximum atomic E-state index is 14.3. The topological polar surface area (TPSA) is 89.1 Å². The first-order chi connectivity index (χ1) is 17.9. The lowest BCUT2D eigenvalue weighted by Crippen LogP contribution is -2.28. The van der Waals surface area contributed by atoms with Crippen LogP contribution in [0.4, 0.5) is 25.3 Å². The maximum absolute atomic E-state index is 14.3. The van der Waals surface area contributed by atoms with Gasteiger partial charge in [-0.2, -0.15) is 5.10 Å². The van der Waals surface area contributed by atoms with E-state index in [1.54, 1.807) is 18.3 Å². The smallest absolute Gasteiger partial charge is 0.277 e. The van der Waals surface area contributed by atoms with Gasteiger partial charge in [0.2, 0.25) is 0 Å². The molecule has 2 aromatic heterocycles. The summed E-state index contributed by atoms with van der Waals surface area (Å²) in [6.07, 6.45) is 12.6. The predicted molar refractivity (Wildman–Crippen MR) is 147 cm³/mol. The zero-order valence-electron chi connectivity index (χ0n) is 21.5. The van der Waals surface area contributed by atoms with Crippen LogP contribution < -0.4 is 16.0 Å². The van der Waals surface area contributed by atoms with Crippen molar-refractivity contribution in [3.05, 3.63) is 41.5 Å². The number of nitrogens with zero attached hydrogens (tertiary/aromatic N) is 4. The molecule has 5 rings (SSSR count). The fourth-order valence-corrected chi connectivity index (χ4v) is 5.05. The monoisotopic (exact) mass is 528 g/mol. The summed E-state index contributed by atoms with van der Waals surface area (Å²) in [7, 11) is 0. The standard InChI is InChI=1S/C23H26F2N6OS.C2H6.C2H2/c1-13-4-7-17(25)16(11-13)22-29-19(20(26)33-22)21(32)28-18-12-27-31(15-5-6-15)23(18)30-9-2-3-14(24)8-10-30;2*1-2/h4,7,11-12,14-15H,2-3,5-6,8-10,26H2,1H3,(H,28,32);1-2H3;1-2H/t14-;;/m1../s1. The van der Waals surface area contributed by atoms with E-state index in [9.17, 15) is 13.6 Å². The lowest BCUT2D eigenvalue weighted by atomic mass is 10.1. The first-order valence-electron chi connectivity index (χ1n) is 12.5. The quantitative estimate of drug-likeness (QED) is 0.384. The average Bonchev–Trinajstić information content (AvgIpc) is 3.61. The van der Waals surface area contributed by atoms with Gasteiger partial charge < -0.3 is 16.0 Å². The number of anilines is 3. The zero-order chi connectivity index (χ0) is 27.1. The molecular formula is C27H34F2N6OS. The van der Waals surface area contributed by atoms with E-state index >= 15 is 0 Å². The fourth-order valence-electron chi connectivity index (χ4n) is 4.21. The lowest BCUT2D eigenvalue weighted by molar-refractivity contribution is 0.102. The number of hydrogen-bond acceptors (Lipinski definition) is 6. The van der Waals surface area contributed by atoms with E-state index in [1.165, 1.54) is 6.07 Å². The number of halogens is 2. The van der Waals surface area contributed by atoms with Crippen molar-refractivity contribution >= 4 is 33.8 Å². The van der Waals surface area contributed by atoms with Gasteiger partial charge in [-0.25, -0.2) is 18.4 Å². The Morgan fingerprint density at radius 1 is 1.19 bits per heavy atom. The number of carbonyl (C=O) groups is 1. The summed E-state index contributed by atoms with van der Waals surface area (Å²) in [4.78, 5) is 19.6. The second-order valence-electron chi connectivity index (χ2n) is 8.74.